The molecule has 3 heteroatoms. The van der Waals surface area contributed by atoms with Crippen LogP contribution in [0.25, 0.3) is 0 Å². The zero-order chi connectivity index (χ0) is 10.2. The first-order chi connectivity index (χ1) is 6.79. The van der Waals surface area contributed by atoms with Crippen molar-refractivity contribution in [2.45, 2.75) is 6.42 Å². The Hall–Kier alpha value is -1.95. The number of hydrogen-bond acceptors (Lipinski definition) is 2. The van der Waals surface area contributed by atoms with Crippen molar-refractivity contribution < 1.29 is 9.90 Å². The van der Waals surface area contributed by atoms with Crippen LogP contribution in [-0.2, 0) is 11.2 Å². The van der Waals surface area contributed by atoms with Crippen LogP contribution >= 0.6 is 0 Å². The molecule has 0 aliphatic carbocycles. The van der Waals surface area contributed by atoms with Gasteiger partial charge in [-0.1, -0.05) is 36.3 Å². The van der Waals surface area contributed by atoms with Gasteiger partial charge in [-0.05, 0) is 5.56 Å². The zero-order valence-electron chi connectivity index (χ0n) is 7.66. The van der Waals surface area contributed by atoms with Crippen molar-refractivity contribution in [1.29, 1.82) is 0 Å². The minimum absolute atomic E-state index is 0.123. The molecule has 0 bridgehead atoms. The van der Waals surface area contributed by atoms with Crippen LogP contribution in [-0.4, -0.2) is 17.6 Å². The number of carboxylic acids is 1. The van der Waals surface area contributed by atoms with Crippen molar-refractivity contribution in [3.8, 4) is 12.0 Å². The number of carbonyl (C=O) groups is 1. The molecule has 0 radical (unpaired) electrons. The number of carboxylic acid groups (broad SMARTS) is 1. The minimum atomic E-state index is -0.904. The molecule has 0 amide bonds. The SMILES string of the molecule is O=C(O)CNC#CCc1ccccc1. The molecule has 0 saturated carbocycles. The van der Waals surface area contributed by atoms with Gasteiger partial charge in [-0.15, -0.1) is 0 Å². The summed E-state index contributed by atoms with van der Waals surface area (Å²) in [6.45, 7) is -0.123. The van der Waals surface area contributed by atoms with Crippen LogP contribution < -0.4 is 5.32 Å². The second kappa shape index (κ2) is 5.65. The van der Waals surface area contributed by atoms with Gasteiger partial charge in [-0.25, -0.2) is 0 Å². The Kier molecular flexibility index (Phi) is 4.09. The lowest BCUT2D eigenvalue weighted by Crippen LogP contribution is -2.17. The predicted molar refractivity (Wildman–Crippen MR) is 53.6 cm³/mol. The third kappa shape index (κ3) is 4.17. The van der Waals surface area contributed by atoms with Crippen LogP contribution in [0, 0.1) is 12.0 Å². The third-order valence-corrected chi connectivity index (χ3v) is 1.55. The lowest BCUT2D eigenvalue weighted by molar-refractivity contribution is -0.135. The van der Waals surface area contributed by atoms with Gasteiger partial charge < -0.3 is 10.4 Å². The number of benzene rings is 1. The summed E-state index contributed by atoms with van der Waals surface area (Å²) < 4.78 is 0. The number of rotatable bonds is 3. The molecule has 0 saturated heterocycles. The van der Waals surface area contributed by atoms with E-state index < -0.39 is 5.97 Å². The largest absolute Gasteiger partial charge is 0.480 e. The zero-order valence-corrected chi connectivity index (χ0v) is 7.66. The monoisotopic (exact) mass is 189 g/mol. The van der Waals surface area contributed by atoms with Gasteiger partial charge >= 0.3 is 5.97 Å². The van der Waals surface area contributed by atoms with E-state index in [1.54, 1.807) is 0 Å². The third-order valence-electron chi connectivity index (χ3n) is 1.55. The van der Waals surface area contributed by atoms with E-state index in [2.05, 4.69) is 17.3 Å². The topological polar surface area (TPSA) is 49.3 Å². The molecule has 1 aromatic carbocycles. The highest BCUT2D eigenvalue weighted by atomic mass is 16.4. The summed E-state index contributed by atoms with van der Waals surface area (Å²) in [6, 6.07) is 12.4. The summed E-state index contributed by atoms with van der Waals surface area (Å²) in [6.07, 6.45) is 0.632. The maximum atomic E-state index is 10.1. The predicted octanol–water partition coefficient (Wildman–Crippen LogP) is 0.864. The first-order valence-corrected chi connectivity index (χ1v) is 4.25. The van der Waals surface area contributed by atoms with Gasteiger partial charge in [0.25, 0.3) is 0 Å². The summed E-state index contributed by atoms with van der Waals surface area (Å²) in [5.41, 5.74) is 1.12. The molecule has 0 atom stereocenters. The Balaban J connectivity index is 2.30. The highest BCUT2D eigenvalue weighted by Crippen LogP contribution is 1.97. The van der Waals surface area contributed by atoms with E-state index in [4.69, 9.17) is 5.11 Å². The summed E-state index contributed by atoms with van der Waals surface area (Å²) in [5.74, 6) is 1.93. The van der Waals surface area contributed by atoms with Gasteiger partial charge in [0.05, 0.1) is 0 Å². The van der Waals surface area contributed by atoms with Crippen molar-refractivity contribution in [3.63, 3.8) is 0 Å². The molecule has 3 nitrogen and oxygen atoms in total. The van der Waals surface area contributed by atoms with Crippen LogP contribution in [0.4, 0.5) is 0 Å². The molecule has 0 fully saturated rings. The van der Waals surface area contributed by atoms with E-state index in [9.17, 15) is 4.79 Å². The Morgan fingerprint density at radius 3 is 2.71 bits per heavy atom. The highest BCUT2D eigenvalue weighted by Gasteiger charge is 1.89. The molecule has 0 spiro atoms. The van der Waals surface area contributed by atoms with Gasteiger partial charge in [0, 0.05) is 12.5 Å². The molecular weight excluding hydrogens is 178 g/mol. The fraction of sp³-hybridized carbons (Fsp3) is 0.182. The van der Waals surface area contributed by atoms with Gasteiger partial charge in [0.1, 0.15) is 6.54 Å². The fourth-order valence-corrected chi connectivity index (χ4v) is 0.924. The lowest BCUT2D eigenvalue weighted by atomic mass is 10.2. The van der Waals surface area contributed by atoms with Crippen LogP contribution in [0.1, 0.15) is 5.56 Å². The van der Waals surface area contributed by atoms with Crippen molar-refractivity contribution in [3.05, 3.63) is 35.9 Å². The molecule has 0 unspecified atom stereocenters. The van der Waals surface area contributed by atoms with Crippen LogP contribution in [0.2, 0.25) is 0 Å². The molecule has 0 heterocycles. The van der Waals surface area contributed by atoms with E-state index in [-0.39, 0.29) is 6.54 Å². The molecule has 72 valence electrons. The van der Waals surface area contributed by atoms with Gasteiger partial charge in [-0.2, -0.15) is 0 Å². The fourth-order valence-electron chi connectivity index (χ4n) is 0.924. The molecular formula is C11H11NO2. The molecule has 0 aliphatic heterocycles. The van der Waals surface area contributed by atoms with E-state index in [0.717, 1.165) is 5.56 Å². The van der Waals surface area contributed by atoms with Crippen molar-refractivity contribution >= 4 is 5.97 Å². The smallest absolute Gasteiger partial charge is 0.323 e. The van der Waals surface area contributed by atoms with Crippen LogP contribution in [0.15, 0.2) is 30.3 Å². The second-order valence-corrected chi connectivity index (χ2v) is 2.71. The highest BCUT2D eigenvalue weighted by molar-refractivity contribution is 5.69. The first-order valence-electron chi connectivity index (χ1n) is 4.25. The van der Waals surface area contributed by atoms with Gasteiger partial charge in [-0.3, -0.25) is 4.79 Å². The van der Waals surface area contributed by atoms with E-state index in [0.29, 0.717) is 6.42 Å². The maximum absolute atomic E-state index is 10.1. The Labute approximate surface area is 82.8 Å². The number of aliphatic carboxylic acids is 1. The Bertz CT molecular complexity index is 349. The van der Waals surface area contributed by atoms with Crippen molar-refractivity contribution in [1.82, 2.24) is 5.32 Å². The summed E-state index contributed by atoms with van der Waals surface area (Å²) in [5, 5.41) is 10.8. The quantitative estimate of drug-likeness (QED) is 0.547. The summed E-state index contributed by atoms with van der Waals surface area (Å²) in [7, 11) is 0. The summed E-state index contributed by atoms with van der Waals surface area (Å²) >= 11 is 0. The van der Waals surface area contributed by atoms with Gasteiger partial charge in [0.15, 0.2) is 0 Å². The second-order valence-electron chi connectivity index (χ2n) is 2.71. The van der Waals surface area contributed by atoms with E-state index in [1.165, 1.54) is 0 Å². The number of nitrogens with one attached hydrogen (secondary N) is 1. The molecule has 0 aliphatic rings. The van der Waals surface area contributed by atoms with Gasteiger partial charge in [0.2, 0.25) is 0 Å². The van der Waals surface area contributed by atoms with Crippen molar-refractivity contribution in [2.75, 3.05) is 6.54 Å². The van der Waals surface area contributed by atoms with E-state index in [1.807, 2.05) is 30.3 Å². The molecule has 2 N–H and O–H groups in total. The lowest BCUT2D eigenvalue weighted by Gasteiger charge is -1.92. The molecule has 1 aromatic rings. The van der Waals surface area contributed by atoms with Crippen LogP contribution in [0.5, 0.6) is 0 Å². The Morgan fingerprint density at radius 2 is 2.07 bits per heavy atom. The first kappa shape index (κ1) is 10.1. The maximum Gasteiger partial charge on any atom is 0.323 e. The average molecular weight is 189 g/mol. The molecule has 14 heavy (non-hydrogen) atoms. The van der Waals surface area contributed by atoms with Crippen LogP contribution in [0.3, 0.4) is 0 Å². The van der Waals surface area contributed by atoms with E-state index >= 15 is 0 Å². The molecule has 1 rings (SSSR count). The molecule has 0 aromatic heterocycles. The number of hydrogen-bond donors (Lipinski definition) is 2. The van der Waals surface area contributed by atoms with Crippen molar-refractivity contribution in [2.24, 2.45) is 0 Å². The average Bonchev–Trinajstić information content (AvgIpc) is 2.18. The Morgan fingerprint density at radius 1 is 1.36 bits per heavy atom. The standard InChI is InChI=1S/C11H11NO2/c13-11(14)9-12-8-4-7-10-5-2-1-3-6-10/h1-3,5-6,12H,7,9H2,(H,13,14). The minimum Gasteiger partial charge on any atom is -0.480 e. The summed E-state index contributed by atoms with van der Waals surface area (Å²) in [4.78, 5) is 10.1. The normalized spacial score (nSPS) is 8.57.